The van der Waals surface area contributed by atoms with Crippen molar-refractivity contribution in [3.8, 4) is 0 Å². The van der Waals surface area contributed by atoms with Crippen LogP contribution in [0.15, 0.2) is 24.3 Å². The number of rotatable bonds is 4. The van der Waals surface area contributed by atoms with E-state index in [9.17, 15) is 22.8 Å². The third kappa shape index (κ3) is 5.37. The zero-order chi connectivity index (χ0) is 18.6. The van der Waals surface area contributed by atoms with E-state index in [0.29, 0.717) is 31.2 Å². The van der Waals surface area contributed by atoms with E-state index < -0.39 is 29.8 Å². The Hall–Kier alpha value is -2.25. The van der Waals surface area contributed by atoms with Gasteiger partial charge in [0.2, 0.25) is 0 Å². The van der Waals surface area contributed by atoms with Crippen LogP contribution in [0.5, 0.6) is 0 Å². The van der Waals surface area contributed by atoms with Crippen LogP contribution in [0.3, 0.4) is 0 Å². The first-order valence-electron chi connectivity index (χ1n) is 8.14. The summed E-state index contributed by atoms with van der Waals surface area (Å²) in [4.78, 5) is 22.9. The summed E-state index contributed by atoms with van der Waals surface area (Å²) in [6.07, 6.45) is -2.28. The Balaban J connectivity index is 1.87. The standard InChI is InChI=1S/C17H21F3N2O3/c1-10(12-3-2-4-13(9-12)17(18,19)20)21-16(25)22-14-7-5-11(6-8-14)15(23)24/h2-4,9-11,14H,5-8H2,1H3,(H,23,24)(H2,21,22,25). The van der Waals surface area contributed by atoms with Crippen molar-refractivity contribution in [2.75, 3.05) is 0 Å². The predicted molar refractivity (Wildman–Crippen MR) is 84.9 cm³/mol. The molecule has 0 aliphatic heterocycles. The second kappa shape index (κ2) is 7.76. The first kappa shape index (κ1) is 19.1. The second-order valence-electron chi connectivity index (χ2n) is 6.35. The maximum Gasteiger partial charge on any atom is 0.416 e. The highest BCUT2D eigenvalue weighted by atomic mass is 19.4. The molecule has 0 spiro atoms. The van der Waals surface area contributed by atoms with E-state index in [-0.39, 0.29) is 12.0 Å². The minimum Gasteiger partial charge on any atom is -0.481 e. The lowest BCUT2D eigenvalue weighted by Gasteiger charge is -2.27. The number of carboxylic acid groups (broad SMARTS) is 1. The molecule has 25 heavy (non-hydrogen) atoms. The minimum atomic E-state index is -4.43. The van der Waals surface area contributed by atoms with E-state index in [1.807, 2.05) is 0 Å². The van der Waals surface area contributed by atoms with Crippen LogP contribution in [0.1, 0.15) is 49.8 Å². The van der Waals surface area contributed by atoms with E-state index in [0.717, 1.165) is 12.1 Å². The normalized spacial score (nSPS) is 22.1. The number of hydrogen-bond acceptors (Lipinski definition) is 2. The summed E-state index contributed by atoms with van der Waals surface area (Å²) in [6.45, 7) is 1.61. The largest absolute Gasteiger partial charge is 0.481 e. The van der Waals surface area contributed by atoms with Crippen LogP contribution in [-0.2, 0) is 11.0 Å². The number of amides is 2. The third-order valence-electron chi connectivity index (χ3n) is 4.47. The van der Waals surface area contributed by atoms with Crippen LogP contribution in [0.25, 0.3) is 0 Å². The number of nitrogens with one attached hydrogen (secondary N) is 2. The second-order valence-corrected chi connectivity index (χ2v) is 6.35. The van der Waals surface area contributed by atoms with Crippen molar-refractivity contribution in [1.82, 2.24) is 10.6 Å². The van der Waals surface area contributed by atoms with Crippen molar-refractivity contribution in [3.63, 3.8) is 0 Å². The molecule has 1 aromatic rings. The molecule has 5 nitrogen and oxygen atoms in total. The number of urea groups is 1. The third-order valence-corrected chi connectivity index (χ3v) is 4.47. The van der Waals surface area contributed by atoms with E-state index in [1.54, 1.807) is 6.92 Å². The van der Waals surface area contributed by atoms with Crippen molar-refractivity contribution in [2.24, 2.45) is 5.92 Å². The molecule has 1 saturated carbocycles. The van der Waals surface area contributed by atoms with Crippen molar-refractivity contribution >= 4 is 12.0 Å². The fourth-order valence-electron chi connectivity index (χ4n) is 2.98. The molecule has 2 amide bonds. The fraction of sp³-hybridized carbons (Fsp3) is 0.529. The van der Waals surface area contributed by atoms with Crippen molar-refractivity contribution in [3.05, 3.63) is 35.4 Å². The van der Waals surface area contributed by atoms with Gasteiger partial charge in [0.15, 0.2) is 0 Å². The van der Waals surface area contributed by atoms with Gasteiger partial charge in [-0.25, -0.2) is 4.79 Å². The van der Waals surface area contributed by atoms with Crippen LogP contribution in [0, 0.1) is 5.92 Å². The molecule has 1 aliphatic carbocycles. The van der Waals surface area contributed by atoms with Crippen LogP contribution < -0.4 is 10.6 Å². The summed E-state index contributed by atoms with van der Waals surface area (Å²) in [6, 6.07) is 3.66. The zero-order valence-corrected chi connectivity index (χ0v) is 13.8. The van der Waals surface area contributed by atoms with Crippen LogP contribution >= 0.6 is 0 Å². The molecule has 0 bridgehead atoms. The first-order chi connectivity index (χ1) is 11.7. The van der Waals surface area contributed by atoms with Gasteiger partial charge in [0.25, 0.3) is 0 Å². The Morgan fingerprint density at radius 3 is 2.40 bits per heavy atom. The maximum absolute atomic E-state index is 12.7. The van der Waals surface area contributed by atoms with Crippen molar-refractivity contribution in [1.29, 1.82) is 0 Å². The zero-order valence-electron chi connectivity index (χ0n) is 13.8. The Bertz CT molecular complexity index is 626. The average Bonchev–Trinajstić information content (AvgIpc) is 2.54. The number of alkyl halides is 3. The van der Waals surface area contributed by atoms with E-state index >= 15 is 0 Å². The lowest BCUT2D eigenvalue weighted by Crippen LogP contribution is -2.44. The highest BCUT2D eigenvalue weighted by Crippen LogP contribution is 2.30. The Labute approximate surface area is 143 Å². The number of benzene rings is 1. The van der Waals surface area contributed by atoms with E-state index in [2.05, 4.69) is 10.6 Å². The lowest BCUT2D eigenvalue weighted by molar-refractivity contribution is -0.143. The number of halogens is 3. The molecular formula is C17H21F3N2O3. The molecule has 0 aromatic heterocycles. The topological polar surface area (TPSA) is 78.4 Å². The van der Waals surface area contributed by atoms with E-state index in [1.165, 1.54) is 12.1 Å². The number of carbonyl (C=O) groups is 2. The van der Waals surface area contributed by atoms with Gasteiger partial charge in [0.05, 0.1) is 17.5 Å². The number of hydrogen-bond donors (Lipinski definition) is 3. The monoisotopic (exact) mass is 358 g/mol. The molecule has 1 aliphatic rings. The number of aliphatic carboxylic acids is 1. The van der Waals surface area contributed by atoms with Crippen molar-refractivity contribution in [2.45, 2.75) is 50.9 Å². The molecule has 1 atom stereocenters. The molecule has 0 saturated heterocycles. The Morgan fingerprint density at radius 2 is 1.84 bits per heavy atom. The molecule has 0 heterocycles. The van der Waals surface area contributed by atoms with Gasteiger partial charge < -0.3 is 15.7 Å². The smallest absolute Gasteiger partial charge is 0.416 e. The summed E-state index contributed by atoms with van der Waals surface area (Å²) in [5.74, 6) is -1.19. The Morgan fingerprint density at radius 1 is 1.20 bits per heavy atom. The van der Waals surface area contributed by atoms with E-state index in [4.69, 9.17) is 5.11 Å². The summed E-state index contributed by atoms with van der Waals surface area (Å²) in [5.41, 5.74) is -0.398. The molecule has 138 valence electrons. The van der Waals surface area contributed by atoms with Gasteiger partial charge in [-0.2, -0.15) is 13.2 Å². The molecule has 1 unspecified atom stereocenters. The molecule has 3 N–H and O–H groups in total. The Kier molecular flexibility index (Phi) is 5.92. The number of carboxylic acids is 1. The highest BCUT2D eigenvalue weighted by molar-refractivity contribution is 5.75. The van der Waals surface area contributed by atoms with Crippen LogP contribution in [-0.4, -0.2) is 23.1 Å². The molecular weight excluding hydrogens is 337 g/mol. The number of carbonyl (C=O) groups excluding carboxylic acids is 1. The molecule has 8 heteroatoms. The van der Waals surface area contributed by atoms with Gasteiger partial charge in [-0.15, -0.1) is 0 Å². The average molecular weight is 358 g/mol. The van der Waals surface area contributed by atoms with Gasteiger partial charge in [0, 0.05) is 6.04 Å². The van der Waals surface area contributed by atoms with Gasteiger partial charge in [-0.1, -0.05) is 12.1 Å². The quantitative estimate of drug-likeness (QED) is 0.768. The SMILES string of the molecule is CC(NC(=O)NC1CCC(C(=O)O)CC1)c1cccc(C(F)(F)F)c1. The van der Waals surface area contributed by atoms with Crippen molar-refractivity contribution < 1.29 is 27.9 Å². The molecule has 2 rings (SSSR count). The minimum absolute atomic E-state index is 0.121. The summed E-state index contributed by atoms with van der Waals surface area (Å²) in [7, 11) is 0. The maximum atomic E-state index is 12.7. The van der Waals surface area contributed by atoms with Crippen LogP contribution in [0.2, 0.25) is 0 Å². The van der Waals surface area contributed by atoms with Gasteiger partial charge in [-0.05, 0) is 50.3 Å². The highest BCUT2D eigenvalue weighted by Gasteiger charge is 2.31. The predicted octanol–water partition coefficient (Wildman–Crippen LogP) is 3.71. The summed E-state index contributed by atoms with van der Waals surface area (Å²) >= 11 is 0. The first-order valence-corrected chi connectivity index (χ1v) is 8.14. The summed E-state index contributed by atoms with van der Waals surface area (Å²) in [5, 5.41) is 14.3. The van der Waals surface area contributed by atoms with Gasteiger partial charge in [-0.3, -0.25) is 4.79 Å². The van der Waals surface area contributed by atoms with Crippen LogP contribution in [0.4, 0.5) is 18.0 Å². The molecule has 1 aromatic carbocycles. The fourth-order valence-corrected chi connectivity index (χ4v) is 2.98. The summed E-state index contributed by atoms with van der Waals surface area (Å²) < 4.78 is 38.2. The molecule has 0 radical (unpaired) electrons. The lowest BCUT2D eigenvalue weighted by atomic mass is 9.86. The van der Waals surface area contributed by atoms with Gasteiger partial charge >= 0.3 is 18.2 Å². The van der Waals surface area contributed by atoms with Gasteiger partial charge in [0.1, 0.15) is 0 Å². The molecule has 1 fully saturated rings.